The molecule has 1 heterocycles. The maximum atomic E-state index is 9.73. The van der Waals surface area contributed by atoms with E-state index in [-0.39, 0.29) is 0 Å². The van der Waals surface area contributed by atoms with Gasteiger partial charge in [0.05, 0.1) is 32.2 Å². The van der Waals surface area contributed by atoms with E-state index in [0.29, 0.717) is 35.1 Å². The van der Waals surface area contributed by atoms with Gasteiger partial charge in [0.25, 0.3) is 0 Å². The number of aliphatic hydroxyl groups excluding tert-OH is 1. The van der Waals surface area contributed by atoms with Crippen LogP contribution in [0.25, 0.3) is 0 Å². The maximum Gasteiger partial charge on any atom is 0.211 e. The van der Waals surface area contributed by atoms with Crippen molar-refractivity contribution >= 4 is 0 Å². The number of pyridine rings is 1. The van der Waals surface area contributed by atoms with Gasteiger partial charge in [-0.2, -0.15) is 0 Å². The third-order valence-corrected chi connectivity index (χ3v) is 3.09. The summed E-state index contributed by atoms with van der Waals surface area (Å²) in [5.41, 5.74) is 0.622. The number of aromatic nitrogens is 1. The third kappa shape index (κ3) is 3.44. The lowest BCUT2D eigenvalue weighted by Crippen LogP contribution is -1.99. The van der Waals surface area contributed by atoms with Crippen molar-refractivity contribution in [1.82, 2.24) is 4.98 Å². The molecule has 0 aliphatic rings. The summed E-state index contributed by atoms with van der Waals surface area (Å²) >= 11 is 0. The van der Waals surface area contributed by atoms with Crippen LogP contribution in [-0.4, -0.2) is 24.3 Å². The first-order chi connectivity index (χ1) is 10.2. The van der Waals surface area contributed by atoms with Crippen LogP contribution in [-0.2, 0) is 0 Å². The number of ether oxygens (including phenoxy) is 3. The fourth-order valence-electron chi connectivity index (χ4n) is 1.89. The zero-order valence-electron chi connectivity index (χ0n) is 12.4. The van der Waals surface area contributed by atoms with Crippen molar-refractivity contribution in [3.05, 3.63) is 42.2 Å². The molecule has 21 heavy (non-hydrogen) atoms. The number of aliphatic hydroxyl groups is 1. The Morgan fingerprint density at radius 1 is 1.10 bits per heavy atom. The summed E-state index contributed by atoms with van der Waals surface area (Å²) in [5.74, 6) is 2.19. The van der Waals surface area contributed by atoms with Gasteiger partial charge in [0.2, 0.25) is 5.75 Å². The second kappa shape index (κ2) is 6.95. The first-order valence-electron chi connectivity index (χ1n) is 6.72. The Bertz CT molecular complexity index is 561. The number of nitrogens with zero attached hydrogens (tertiary/aromatic N) is 1. The number of hydrogen-bond acceptors (Lipinski definition) is 5. The number of hydrogen-bond donors (Lipinski definition) is 1. The number of para-hydroxylation sites is 1. The van der Waals surface area contributed by atoms with Gasteiger partial charge in [0.1, 0.15) is 5.75 Å². The van der Waals surface area contributed by atoms with Gasteiger partial charge in [-0.3, -0.25) is 4.98 Å². The van der Waals surface area contributed by atoms with Crippen LogP contribution in [0.5, 0.6) is 23.0 Å². The normalized spacial score (nSPS) is 11.8. The highest BCUT2D eigenvalue weighted by Gasteiger charge is 2.13. The van der Waals surface area contributed by atoms with Gasteiger partial charge in [-0.1, -0.05) is 13.0 Å². The van der Waals surface area contributed by atoms with Crippen LogP contribution in [0, 0.1) is 0 Å². The van der Waals surface area contributed by atoms with E-state index in [0.717, 1.165) is 0 Å². The molecule has 0 fully saturated rings. The summed E-state index contributed by atoms with van der Waals surface area (Å²) in [6, 6.07) is 8.91. The Labute approximate surface area is 124 Å². The van der Waals surface area contributed by atoms with Crippen LogP contribution < -0.4 is 14.2 Å². The number of rotatable bonds is 6. The lowest BCUT2D eigenvalue weighted by atomic mass is 10.2. The molecule has 1 aromatic carbocycles. The van der Waals surface area contributed by atoms with Crippen LogP contribution >= 0.6 is 0 Å². The smallest absolute Gasteiger partial charge is 0.211 e. The zero-order chi connectivity index (χ0) is 15.2. The van der Waals surface area contributed by atoms with Crippen molar-refractivity contribution in [2.75, 3.05) is 14.2 Å². The predicted molar refractivity (Wildman–Crippen MR) is 79.1 cm³/mol. The van der Waals surface area contributed by atoms with Crippen LogP contribution in [0.2, 0.25) is 0 Å². The molecule has 2 aromatic rings. The monoisotopic (exact) mass is 289 g/mol. The molecular formula is C16H19NO4. The summed E-state index contributed by atoms with van der Waals surface area (Å²) < 4.78 is 16.3. The molecular weight excluding hydrogens is 270 g/mol. The van der Waals surface area contributed by atoms with Crippen molar-refractivity contribution in [3.63, 3.8) is 0 Å². The average molecular weight is 289 g/mol. The molecule has 0 unspecified atom stereocenters. The molecule has 0 saturated heterocycles. The minimum atomic E-state index is -0.556. The molecule has 112 valence electrons. The third-order valence-electron chi connectivity index (χ3n) is 3.09. The Morgan fingerprint density at radius 2 is 1.76 bits per heavy atom. The van der Waals surface area contributed by atoms with Crippen LogP contribution in [0.1, 0.15) is 25.1 Å². The molecule has 0 spiro atoms. The van der Waals surface area contributed by atoms with E-state index in [1.807, 2.05) is 13.0 Å². The maximum absolute atomic E-state index is 9.73. The number of methoxy groups -OCH3 is 2. The van der Waals surface area contributed by atoms with Gasteiger partial charge in [0.15, 0.2) is 11.5 Å². The molecule has 2 rings (SSSR count). The fourth-order valence-corrected chi connectivity index (χ4v) is 1.89. The van der Waals surface area contributed by atoms with Gasteiger partial charge in [-0.05, 0) is 30.7 Å². The highest BCUT2D eigenvalue weighted by atomic mass is 16.5. The Hall–Kier alpha value is -2.27. The lowest BCUT2D eigenvalue weighted by Gasteiger charge is -2.14. The lowest BCUT2D eigenvalue weighted by molar-refractivity contribution is 0.169. The molecule has 0 amide bonds. The van der Waals surface area contributed by atoms with Crippen molar-refractivity contribution in [2.45, 2.75) is 19.4 Å². The highest BCUT2D eigenvalue weighted by Crippen LogP contribution is 2.39. The highest BCUT2D eigenvalue weighted by molar-refractivity contribution is 5.52. The second-order valence-electron chi connectivity index (χ2n) is 4.44. The minimum Gasteiger partial charge on any atom is -0.493 e. The van der Waals surface area contributed by atoms with E-state index in [1.165, 1.54) is 0 Å². The van der Waals surface area contributed by atoms with Gasteiger partial charge >= 0.3 is 0 Å². The van der Waals surface area contributed by atoms with E-state index in [4.69, 9.17) is 14.2 Å². The molecule has 0 radical (unpaired) electrons. The van der Waals surface area contributed by atoms with Crippen molar-refractivity contribution < 1.29 is 19.3 Å². The summed E-state index contributed by atoms with van der Waals surface area (Å²) in [6.45, 7) is 1.90. The van der Waals surface area contributed by atoms with Gasteiger partial charge < -0.3 is 19.3 Å². The molecule has 5 heteroatoms. The summed E-state index contributed by atoms with van der Waals surface area (Å²) in [5, 5.41) is 9.73. The molecule has 0 saturated carbocycles. The van der Waals surface area contributed by atoms with Crippen molar-refractivity contribution in [1.29, 1.82) is 0 Å². The van der Waals surface area contributed by atoms with Crippen molar-refractivity contribution in [3.8, 4) is 23.0 Å². The minimum absolute atomic E-state index is 0.494. The molecule has 0 aliphatic carbocycles. The second-order valence-corrected chi connectivity index (χ2v) is 4.44. The topological polar surface area (TPSA) is 60.8 Å². The molecule has 0 bridgehead atoms. The van der Waals surface area contributed by atoms with E-state index in [9.17, 15) is 5.11 Å². The molecule has 0 aliphatic heterocycles. The van der Waals surface area contributed by atoms with Gasteiger partial charge in [0, 0.05) is 0 Å². The SMILES string of the molecule is CC[C@H](O)c1ccc(Oc2c(OC)cccc2OC)cn1. The Balaban J connectivity index is 2.26. The zero-order valence-corrected chi connectivity index (χ0v) is 12.4. The van der Waals surface area contributed by atoms with E-state index in [2.05, 4.69) is 4.98 Å². The standard InChI is InChI=1S/C16H19NO4/c1-4-13(18)12-9-8-11(10-17-12)21-16-14(19-2)6-5-7-15(16)20-3/h5-10,13,18H,4H2,1-3H3/t13-/m0/s1. The van der Waals surface area contributed by atoms with Crippen LogP contribution in [0.15, 0.2) is 36.5 Å². The number of benzene rings is 1. The molecule has 5 nitrogen and oxygen atoms in total. The van der Waals surface area contributed by atoms with Crippen LogP contribution in [0.3, 0.4) is 0 Å². The van der Waals surface area contributed by atoms with Crippen LogP contribution in [0.4, 0.5) is 0 Å². The fraction of sp³-hybridized carbons (Fsp3) is 0.312. The molecule has 1 N–H and O–H groups in total. The molecule has 1 aromatic heterocycles. The summed E-state index contributed by atoms with van der Waals surface area (Å²) in [7, 11) is 3.14. The van der Waals surface area contributed by atoms with Crippen molar-refractivity contribution in [2.24, 2.45) is 0 Å². The average Bonchev–Trinajstić information content (AvgIpc) is 2.55. The first kappa shape index (κ1) is 15.1. The summed E-state index contributed by atoms with van der Waals surface area (Å²) in [6.07, 6.45) is 1.63. The van der Waals surface area contributed by atoms with E-state index < -0.39 is 6.10 Å². The largest absolute Gasteiger partial charge is 0.493 e. The Morgan fingerprint density at radius 3 is 2.24 bits per heavy atom. The quantitative estimate of drug-likeness (QED) is 0.883. The Kier molecular flexibility index (Phi) is 5.00. The van der Waals surface area contributed by atoms with Gasteiger partial charge in [-0.25, -0.2) is 0 Å². The predicted octanol–water partition coefficient (Wildman–Crippen LogP) is 3.33. The first-order valence-corrected chi connectivity index (χ1v) is 6.72. The van der Waals surface area contributed by atoms with Gasteiger partial charge in [-0.15, -0.1) is 0 Å². The summed E-state index contributed by atoms with van der Waals surface area (Å²) in [4.78, 5) is 4.20. The van der Waals surface area contributed by atoms with E-state index >= 15 is 0 Å². The molecule has 1 atom stereocenters. The van der Waals surface area contributed by atoms with E-state index in [1.54, 1.807) is 44.7 Å².